The monoisotopic (exact) mass is 733 g/mol. The summed E-state index contributed by atoms with van der Waals surface area (Å²) >= 11 is 0. The average molecular weight is 734 g/mol. The van der Waals surface area contributed by atoms with Crippen molar-refractivity contribution in [3.05, 3.63) is 197 Å². The van der Waals surface area contributed by atoms with Gasteiger partial charge in [0.2, 0.25) is 0 Å². The van der Waals surface area contributed by atoms with E-state index in [4.69, 9.17) is 15.0 Å². The minimum atomic E-state index is -0.440. The lowest BCUT2D eigenvalue weighted by atomic mass is 9.63. The van der Waals surface area contributed by atoms with Gasteiger partial charge in [0, 0.05) is 16.7 Å². The summed E-state index contributed by atoms with van der Waals surface area (Å²) < 4.78 is 0. The topological polar surface area (TPSA) is 38.7 Å². The molecule has 0 aliphatic heterocycles. The van der Waals surface area contributed by atoms with E-state index < -0.39 is 5.41 Å². The molecule has 0 fully saturated rings. The molecule has 0 saturated heterocycles. The predicted molar refractivity (Wildman–Crippen MR) is 233 cm³/mol. The van der Waals surface area contributed by atoms with Crippen molar-refractivity contribution in [1.29, 1.82) is 0 Å². The van der Waals surface area contributed by atoms with E-state index in [1.807, 2.05) is 18.2 Å². The third-order valence-electron chi connectivity index (χ3n) is 13.3. The van der Waals surface area contributed by atoms with Crippen molar-refractivity contribution in [3.8, 4) is 67.5 Å². The Morgan fingerprint density at radius 1 is 0.316 bits per heavy atom. The van der Waals surface area contributed by atoms with E-state index in [2.05, 4.69) is 173 Å². The van der Waals surface area contributed by atoms with Crippen LogP contribution in [0.4, 0.5) is 0 Å². The van der Waals surface area contributed by atoms with Gasteiger partial charge in [0.25, 0.3) is 0 Å². The fourth-order valence-electron chi connectivity index (χ4n) is 10.2. The Bertz CT molecular complexity index is 2840. The van der Waals surface area contributed by atoms with Gasteiger partial charge in [0.1, 0.15) is 0 Å². The van der Waals surface area contributed by atoms with E-state index >= 15 is 0 Å². The first-order valence-electron chi connectivity index (χ1n) is 20.2. The molecule has 3 aliphatic carbocycles. The maximum Gasteiger partial charge on any atom is 0.164 e. The molecule has 0 unspecified atom stereocenters. The molecule has 0 amide bonds. The molecule has 0 saturated carbocycles. The van der Waals surface area contributed by atoms with Crippen LogP contribution in [0.1, 0.15) is 73.9 Å². The third-order valence-corrected chi connectivity index (χ3v) is 13.3. The second-order valence-corrected chi connectivity index (χ2v) is 17.4. The SMILES string of the molecule is CC1(C)CCC(C)(C)c2cc(-c3ccc(-c4nc(-c5ccccc5)nc(-c5ccc6c(c5)C5(c7ccccc7-c7ccccc75)c5ccccc5-6)n4)cc3)ccc21. The first kappa shape index (κ1) is 33.9. The first-order valence-corrected chi connectivity index (χ1v) is 20.2. The highest BCUT2D eigenvalue weighted by Gasteiger charge is 2.51. The third kappa shape index (κ3) is 5.01. The van der Waals surface area contributed by atoms with Crippen LogP contribution in [-0.4, -0.2) is 15.0 Å². The quantitative estimate of drug-likeness (QED) is 0.181. The maximum atomic E-state index is 5.25. The van der Waals surface area contributed by atoms with Crippen LogP contribution in [0.5, 0.6) is 0 Å². The number of benzene rings is 7. The molecule has 3 aliphatic rings. The lowest BCUT2D eigenvalue weighted by molar-refractivity contribution is 0.332. The molecule has 0 atom stereocenters. The van der Waals surface area contributed by atoms with Crippen LogP contribution in [0.3, 0.4) is 0 Å². The van der Waals surface area contributed by atoms with Crippen molar-refractivity contribution < 1.29 is 0 Å². The van der Waals surface area contributed by atoms with Crippen molar-refractivity contribution in [2.45, 2.75) is 56.8 Å². The number of rotatable bonds is 4. The van der Waals surface area contributed by atoms with Crippen LogP contribution in [-0.2, 0) is 16.2 Å². The van der Waals surface area contributed by atoms with Gasteiger partial charge in [-0.15, -0.1) is 0 Å². The second-order valence-electron chi connectivity index (χ2n) is 17.4. The van der Waals surface area contributed by atoms with Gasteiger partial charge in [0.15, 0.2) is 17.5 Å². The molecule has 7 aromatic carbocycles. The van der Waals surface area contributed by atoms with E-state index in [1.165, 1.54) is 79.6 Å². The molecule has 3 heteroatoms. The molecule has 8 aromatic rings. The summed E-state index contributed by atoms with van der Waals surface area (Å²) in [6, 6.07) is 59.7. The minimum Gasteiger partial charge on any atom is -0.208 e. The fraction of sp³-hybridized carbons (Fsp3) is 0.167. The largest absolute Gasteiger partial charge is 0.208 e. The molecule has 1 aromatic heterocycles. The summed E-state index contributed by atoms with van der Waals surface area (Å²) in [5.74, 6) is 1.99. The van der Waals surface area contributed by atoms with Gasteiger partial charge in [-0.05, 0) is 96.5 Å². The summed E-state index contributed by atoms with van der Waals surface area (Å²) in [5.41, 5.74) is 18.5. The van der Waals surface area contributed by atoms with Gasteiger partial charge in [0.05, 0.1) is 5.41 Å². The van der Waals surface area contributed by atoms with Gasteiger partial charge in [-0.1, -0.05) is 185 Å². The molecule has 11 rings (SSSR count). The zero-order valence-electron chi connectivity index (χ0n) is 32.8. The van der Waals surface area contributed by atoms with Gasteiger partial charge in [-0.25, -0.2) is 15.0 Å². The Morgan fingerprint density at radius 2 is 0.719 bits per heavy atom. The molecular weight excluding hydrogens is 691 g/mol. The highest BCUT2D eigenvalue weighted by molar-refractivity contribution is 5.95. The van der Waals surface area contributed by atoms with Gasteiger partial charge >= 0.3 is 0 Å². The van der Waals surface area contributed by atoms with E-state index in [-0.39, 0.29) is 10.8 Å². The normalized spacial score (nSPS) is 16.0. The van der Waals surface area contributed by atoms with Crippen LogP contribution in [0.25, 0.3) is 67.5 Å². The summed E-state index contributed by atoms with van der Waals surface area (Å²) in [7, 11) is 0. The molecule has 0 bridgehead atoms. The van der Waals surface area contributed by atoms with Crippen LogP contribution < -0.4 is 0 Å². The van der Waals surface area contributed by atoms with E-state index in [1.54, 1.807) is 0 Å². The smallest absolute Gasteiger partial charge is 0.164 e. The minimum absolute atomic E-state index is 0.153. The fourth-order valence-corrected chi connectivity index (χ4v) is 10.2. The average Bonchev–Trinajstić information content (AvgIpc) is 3.72. The molecule has 3 nitrogen and oxygen atoms in total. The maximum absolute atomic E-state index is 5.25. The van der Waals surface area contributed by atoms with Crippen LogP contribution in [0, 0.1) is 0 Å². The molecule has 274 valence electrons. The number of nitrogens with zero attached hydrogens (tertiary/aromatic N) is 3. The van der Waals surface area contributed by atoms with E-state index in [9.17, 15) is 0 Å². The van der Waals surface area contributed by atoms with Crippen molar-refractivity contribution in [3.63, 3.8) is 0 Å². The molecule has 1 spiro atoms. The predicted octanol–water partition coefficient (Wildman–Crippen LogP) is 13.2. The summed E-state index contributed by atoms with van der Waals surface area (Å²) in [5, 5.41) is 0. The van der Waals surface area contributed by atoms with Crippen molar-refractivity contribution >= 4 is 0 Å². The summed E-state index contributed by atoms with van der Waals surface area (Å²) in [6.45, 7) is 9.55. The number of aromatic nitrogens is 3. The summed E-state index contributed by atoms with van der Waals surface area (Å²) in [6.07, 6.45) is 2.40. The number of hydrogen-bond donors (Lipinski definition) is 0. The van der Waals surface area contributed by atoms with Crippen molar-refractivity contribution in [2.75, 3.05) is 0 Å². The lowest BCUT2D eigenvalue weighted by Gasteiger charge is -2.42. The molecule has 57 heavy (non-hydrogen) atoms. The van der Waals surface area contributed by atoms with Gasteiger partial charge < -0.3 is 0 Å². The first-order chi connectivity index (χ1) is 27.7. The zero-order valence-corrected chi connectivity index (χ0v) is 32.8. The molecule has 0 radical (unpaired) electrons. The Kier molecular flexibility index (Phi) is 7.29. The Morgan fingerprint density at radius 3 is 1.30 bits per heavy atom. The van der Waals surface area contributed by atoms with Crippen LogP contribution >= 0.6 is 0 Å². The Hall–Kier alpha value is -6.45. The second kappa shape index (κ2) is 12.3. The van der Waals surface area contributed by atoms with Gasteiger partial charge in [-0.3, -0.25) is 0 Å². The van der Waals surface area contributed by atoms with Crippen LogP contribution in [0.2, 0.25) is 0 Å². The Balaban J connectivity index is 1.05. The molecular formula is C54H43N3. The lowest BCUT2D eigenvalue weighted by Crippen LogP contribution is -2.33. The summed E-state index contributed by atoms with van der Waals surface area (Å²) in [4.78, 5) is 15.5. The highest BCUT2D eigenvalue weighted by atomic mass is 15.0. The van der Waals surface area contributed by atoms with Crippen molar-refractivity contribution in [2.24, 2.45) is 0 Å². The van der Waals surface area contributed by atoms with Crippen LogP contribution in [0.15, 0.2) is 164 Å². The standard InChI is InChI=1S/C54H43N3/c1-52(2)30-31-53(3,4)48-32-37(27-29-46(48)52)34-22-24-36(25-23-34)50-55-49(35-14-6-5-7-15-35)56-51(57-50)38-26-28-42-41-18-10-13-21-45(41)54(47(42)33-38)43-19-11-8-16-39(43)40-17-9-12-20-44(40)54/h5-29,32-33H,30-31H2,1-4H3. The van der Waals surface area contributed by atoms with E-state index in [0.29, 0.717) is 17.5 Å². The van der Waals surface area contributed by atoms with Gasteiger partial charge in [-0.2, -0.15) is 0 Å². The Labute approximate surface area is 335 Å². The molecule has 0 N–H and O–H groups in total. The molecule has 1 heterocycles. The van der Waals surface area contributed by atoms with Crippen molar-refractivity contribution in [1.82, 2.24) is 15.0 Å². The highest BCUT2D eigenvalue weighted by Crippen LogP contribution is 2.63. The van der Waals surface area contributed by atoms with E-state index in [0.717, 1.165) is 16.7 Å². The number of hydrogen-bond acceptors (Lipinski definition) is 3. The zero-order chi connectivity index (χ0) is 38.5. The number of fused-ring (bicyclic) bond motifs is 11.